The number of hydrogen-bond donors (Lipinski definition) is 2. The number of carbonyl (C=O) groups excluding carboxylic acids is 2. The standard InChI is InChI=1S/C24H26N4O3/c1-4-15-6-10-17(11-7-15)25-21(29)14-20-24(30)26-23-22(19(5-2)27-28(20)23)16-8-12-18(31-3)13-9-16/h6-13,20H,4-5,14H2,1-3H3,(H,25,29)(H,26,30). The summed E-state index contributed by atoms with van der Waals surface area (Å²) < 4.78 is 6.89. The van der Waals surface area contributed by atoms with E-state index in [2.05, 4.69) is 22.7 Å². The van der Waals surface area contributed by atoms with Crippen LogP contribution in [0.15, 0.2) is 48.5 Å². The zero-order valence-corrected chi connectivity index (χ0v) is 17.9. The van der Waals surface area contributed by atoms with Crippen LogP contribution >= 0.6 is 0 Å². The maximum absolute atomic E-state index is 12.7. The fourth-order valence-corrected chi connectivity index (χ4v) is 3.84. The van der Waals surface area contributed by atoms with Gasteiger partial charge in [0.1, 0.15) is 17.6 Å². The minimum atomic E-state index is -0.679. The van der Waals surface area contributed by atoms with E-state index in [1.54, 1.807) is 11.8 Å². The molecule has 31 heavy (non-hydrogen) atoms. The van der Waals surface area contributed by atoms with Crippen LogP contribution in [0, 0.1) is 0 Å². The van der Waals surface area contributed by atoms with Crippen LogP contribution in [0.2, 0.25) is 0 Å². The number of carbonyl (C=O) groups is 2. The highest BCUT2D eigenvalue weighted by Gasteiger charge is 2.36. The normalized spacial score (nSPS) is 14.8. The van der Waals surface area contributed by atoms with Gasteiger partial charge in [0.05, 0.1) is 19.2 Å². The molecule has 7 heteroatoms. The molecule has 0 aliphatic carbocycles. The Hall–Kier alpha value is -3.61. The zero-order chi connectivity index (χ0) is 22.0. The van der Waals surface area contributed by atoms with Crippen LogP contribution in [-0.4, -0.2) is 28.7 Å². The Kier molecular flexibility index (Phi) is 5.75. The number of amides is 2. The van der Waals surface area contributed by atoms with Crippen molar-refractivity contribution in [2.45, 2.75) is 39.2 Å². The average Bonchev–Trinajstić information content (AvgIpc) is 3.29. The number of fused-ring (bicyclic) bond motifs is 1. The van der Waals surface area contributed by atoms with Crippen molar-refractivity contribution in [1.82, 2.24) is 9.78 Å². The number of aryl methyl sites for hydroxylation is 2. The summed E-state index contributed by atoms with van der Waals surface area (Å²) in [6, 6.07) is 14.7. The summed E-state index contributed by atoms with van der Waals surface area (Å²) in [6.45, 7) is 4.10. The largest absolute Gasteiger partial charge is 0.497 e. The lowest BCUT2D eigenvalue weighted by Gasteiger charge is -2.10. The third kappa shape index (κ3) is 4.03. The van der Waals surface area contributed by atoms with Crippen molar-refractivity contribution in [1.29, 1.82) is 0 Å². The number of rotatable bonds is 7. The summed E-state index contributed by atoms with van der Waals surface area (Å²) in [6.07, 6.45) is 1.66. The maximum Gasteiger partial charge on any atom is 0.251 e. The number of ether oxygens (including phenoxy) is 1. The molecule has 4 rings (SSSR count). The van der Waals surface area contributed by atoms with Gasteiger partial charge in [-0.25, -0.2) is 4.68 Å². The van der Waals surface area contributed by atoms with Crippen molar-refractivity contribution in [2.75, 3.05) is 17.7 Å². The molecule has 3 aromatic rings. The number of methoxy groups -OCH3 is 1. The molecule has 1 aliphatic rings. The Morgan fingerprint density at radius 3 is 2.42 bits per heavy atom. The van der Waals surface area contributed by atoms with E-state index in [1.165, 1.54) is 5.56 Å². The van der Waals surface area contributed by atoms with Crippen molar-refractivity contribution in [3.8, 4) is 16.9 Å². The average molecular weight is 418 g/mol. The van der Waals surface area contributed by atoms with Gasteiger partial charge in [0.25, 0.3) is 5.91 Å². The van der Waals surface area contributed by atoms with Gasteiger partial charge < -0.3 is 15.4 Å². The summed E-state index contributed by atoms with van der Waals surface area (Å²) >= 11 is 0. The first-order valence-electron chi connectivity index (χ1n) is 10.5. The van der Waals surface area contributed by atoms with Gasteiger partial charge >= 0.3 is 0 Å². The summed E-state index contributed by atoms with van der Waals surface area (Å²) in [7, 11) is 1.62. The summed E-state index contributed by atoms with van der Waals surface area (Å²) in [5.41, 5.74) is 4.62. The minimum absolute atomic E-state index is 0.0151. The molecule has 1 atom stereocenters. The van der Waals surface area contributed by atoms with Crippen molar-refractivity contribution < 1.29 is 14.3 Å². The van der Waals surface area contributed by atoms with Crippen LogP contribution in [0.5, 0.6) is 5.75 Å². The molecule has 0 saturated carbocycles. The number of anilines is 2. The van der Waals surface area contributed by atoms with Crippen molar-refractivity contribution in [3.05, 3.63) is 59.8 Å². The predicted molar refractivity (Wildman–Crippen MR) is 120 cm³/mol. The Bertz CT molecular complexity index is 1100. The molecule has 0 fully saturated rings. The molecule has 1 unspecified atom stereocenters. The topological polar surface area (TPSA) is 85.2 Å². The second-order valence-electron chi connectivity index (χ2n) is 7.50. The smallest absolute Gasteiger partial charge is 0.251 e. The molecule has 2 aromatic carbocycles. The van der Waals surface area contributed by atoms with Crippen LogP contribution in [0.3, 0.4) is 0 Å². The maximum atomic E-state index is 12.7. The van der Waals surface area contributed by atoms with Gasteiger partial charge in [-0.05, 0) is 48.2 Å². The van der Waals surface area contributed by atoms with Gasteiger partial charge in [-0.2, -0.15) is 5.10 Å². The molecular weight excluding hydrogens is 392 g/mol. The van der Waals surface area contributed by atoms with Crippen molar-refractivity contribution >= 4 is 23.3 Å². The highest BCUT2D eigenvalue weighted by molar-refractivity contribution is 6.04. The predicted octanol–water partition coefficient (Wildman–Crippen LogP) is 4.21. The molecule has 1 aliphatic heterocycles. The molecule has 1 aromatic heterocycles. The first-order chi connectivity index (χ1) is 15.0. The molecular formula is C24H26N4O3. The molecule has 2 N–H and O–H groups in total. The van der Waals surface area contributed by atoms with Crippen LogP contribution < -0.4 is 15.4 Å². The molecule has 0 radical (unpaired) electrons. The number of hydrogen-bond acceptors (Lipinski definition) is 4. The van der Waals surface area contributed by atoms with Gasteiger partial charge in [0.15, 0.2) is 0 Å². The number of nitrogens with zero attached hydrogens (tertiary/aromatic N) is 2. The minimum Gasteiger partial charge on any atom is -0.497 e. The second-order valence-corrected chi connectivity index (χ2v) is 7.50. The monoisotopic (exact) mass is 418 g/mol. The van der Waals surface area contributed by atoms with E-state index in [1.807, 2.05) is 55.5 Å². The summed E-state index contributed by atoms with van der Waals surface area (Å²) in [5, 5.41) is 10.5. The molecule has 0 spiro atoms. The summed E-state index contributed by atoms with van der Waals surface area (Å²) in [5.74, 6) is 0.946. The lowest BCUT2D eigenvalue weighted by atomic mass is 10.0. The van der Waals surface area contributed by atoms with Crippen LogP contribution in [0.25, 0.3) is 11.1 Å². The lowest BCUT2D eigenvalue weighted by molar-refractivity contribution is -0.123. The summed E-state index contributed by atoms with van der Waals surface area (Å²) in [4.78, 5) is 25.3. The quantitative estimate of drug-likeness (QED) is 0.602. The zero-order valence-electron chi connectivity index (χ0n) is 17.9. The first kappa shape index (κ1) is 20.7. The van der Waals surface area contributed by atoms with Gasteiger partial charge in [-0.1, -0.05) is 38.1 Å². The third-order valence-corrected chi connectivity index (χ3v) is 5.56. The van der Waals surface area contributed by atoms with Gasteiger partial charge in [0, 0.05) is 11.3 Å². The Morgan fingerprint density at radius 1 is 1.10 bits per heavy atom. The van der Waals surface area contributed by atoms with E-state index in [-0.39, 0.29) is 18.2 Å². The Balaban J connectivity index is 1.57. The van der Waals surface area contributed by atoms with E-state index in [4.69, 9.17) is 4.74 Å². The SMILES string of the molecule is CCc1ccc(NC(=O)CC2C(=O)Nc3c(-c4ccc(OC)cc4)c(CC)nn32)cc1. The lowest BCUT2D eigenvalue weighted by Crippen LogP contribution is -2.23. The van der Waals surface area contributed by atoms with Crippen LogP contribution in [-0.2, 0) is 22.4 Å². The third-order valence-electron chi connectivity index (χ3n) is 5.56. The first-order valence-corrected chi connectivity index (χ1v) is 10.5. The Morgan fingerprint density at radius 2 is 1.81 bits per heavy atom. The fourth-order valence-electron chi connectivity index (χ4n) is 3.84. The van der Waals surface area contributed by atoms with Gasteiger partial charge in [-0.15, -0.1) is 0 Å². The Labute approximate surface area is 181 Å². The van der Waals surface area contributed by atoms with E-state index in [0.29, 0.717) is 12.2 Å². The molecule has 2 amide bonds. The number of benzene rings is 2. The molecule has 7 nitrogen and oxygen atoms in total. The fraction of sp³-hybridized carbons (Fsp3) is 0.292. The highest BCUT2D eigenvalue weighted by Crippen LogP contribution is 2.39. The number of nitrogens with one attached hydrogen (secondary N) is 2. The van der Waals surface area contributed by atoms with Crippen LogP contribution in [0.4, 0.5) is 11.5 Å². The van der Waals surface area contributed by atoms with E-state index in [0.717, 1.165) is 34.7 Å². The second kappa shape index (κ2) is 8.63. The van der Waals surface area contributed by atoms with Gasteiger partial charge in [0.2, 0.25) is 5.91 Å². The van der Waals surface area contributed by atoms with Crippen LogP contribution in [0.1, 0.15) is 37.6 Å². The van der Waals surface area contributed by atoms with E-state index < -0.39 is 6.04 Å². The van der Waals surface area contributed by atoms with Crippen molar-refractivity contribution in [2.24, 2.45) is 0 Å². The van der Waals surface area contributed by atoms with E-state index in [9.17, 15) is 9.59 Å². The van der Waals surface area contributed by atoms with E-state index >= 15 is 0 Å². The van der Waals surface area contributed by atoms with Gasteiger partial charge in [-0.3, -0.25) is 9.59 Å². The molecule has 0 bridgehead atoms. The molecule has 2 heterocycles. The molecule has 160 valence electrons. The molecule has 0 saturated heterocycles. The number of aromatic nitrogens is 2. The van der Waals surface area contributed by atoms with Crippen molar-refractivity contribution in [3.63, 3.8) is 0 Å². The highest BCUT2D eigenvalue weighted by atomic mass is 16.5.